The Balaban J connectivity index is 2.24. The summed E-state index contributed by atoms with van der Waals surface area (Å²) in [6.07, 6.45) is 5.18. The molecule has 0 saturated carbocycles. The summed E-state index contributed by atoms with van der Waals surface area (Å²) in [6.45, 7) is 0.750. The number of nitrogens with two attached hydrogens (primary N) is 1. The zero-order valence-electron chi connectivity index (χ0n) is 9.62. The van der Waals surface area contributed by atoms with Gasteiger partial charge in [0.05, 0.1) is 11.8 Å². The van der Waals surface area contributed by atoms with Crippen molar-refractivity contribution in [3.05, 3.63) is 30.1 Å². The molecule has 2 heterocycles. The Morgan fingerprint density at radius 1 is 1.53 bits per heavy atom. The average molecular weight is 255 g/mol. The molecule has 0 bridgehead atoms. The van der Waals surface area contributed by atoms with Crippen molar-refractivity contribution in [2.24, 2.45) is 5.73 Å². The molecule has 0 spiro atoms. The Morgan fingerprint density at radius 3 is 3.00 bits per heavy atom. The molecular formula is C11H17N3O2S. The lowest BCUT2D eigenvalue weighted by atomic mass is 10.1. The van der Waals surface area contributed by atoms with E-state index in [0.717, 1.165) is 18.4 Å². The SMILES string of the molecule is NCCS(=O)(=O)N1CCCC1c1cccnc1. The number of pyridine rings is 1. The maximum Gasteiger partial charge on any atom is 0.215 e. The van der Waals surface area contributed by atoms with Crippen LogP contribution in [-0.2, 0) is 10.0 Å². The van der Waals surface area contributed by atoms with Crippen LogP contribution >= 0.6 is 0 Å². The molecular weight excluding hydrogens is 238 g/mol. The highest BCUT2D eigenvalue weighted by Crippen LogP contribution is 2.33. The van der Waals surface area contributed by atoms with Crippen molar-refractivity contribution in [2.75, 3.05) is 18.8 Å². The molecule has 0 aromatic carbocycles. The minimum atomic E-state index is -3.23. The molecule has 1 fully saturated rings. The number of aromatic nitrogens is 1. The van der Waals surface area contributed by atoms with Gasteiger partial charge in [0.1, 0.15) is 0 Å². The molecule has 1 atom stereocenters. The van der Waals surface area contributed by atoms with Crippen LogP contribution in [0.4, 0.5) is 0 Å². The molecule has 2 N–H and O–H groups in total. The quantitative estimate of drug-likeness (QED) is 0.850. The number of sulfonamides is 1. The second kappa shape index (κ2) is 5.12. The van der Waals surface area contributed by atoms with Crippen LogP contribution in [-0.4, -0.2) is 36.5 Å². The van der Waals surface area contributed by atoms with E-state index in [1.165, 1.54) is 0 Å². The molecule has 1 aliphatic heterocycles. The Hall–Kier alpha value is -0.980. The predicted octanol–water partition coefficient (Wildman–Crippen LogP) is 0.507. The molecule has 1 aromatic rings. The van der Waals surface area contributed by atoms with Crippen LogP contribution in [0.15, 0.2) is 24.5 Å². The van der Waals surface area contributed by atoms with Gasteiger partial charge in [-0.15, -0.1) is 0 Å². The summed E-state index contributed by atoms with van der Waals surface area (Å²) in [5.41, 5.74) is 6.31. The fraction of sp³-hybridized carbons (Fsp3) is 0.545. The van der Waals surface area contributed by atoms with E-state index in [2.05, 4.69) is 4.98 Å². The predicted molar refractivity (Wildman–Crippen MR) is 65.8 cm³/mol. The van der Waals surface area contributed by atoms with Crippen molar-refractivity contribution >= 4 is 10.0 Å². The molecule has 0 radical (unpaired) electrons. The minimum absolute atomic E-state index is 0.0176. The summed E-state index contributed by atoms with van der Waals surface area (Å²) in [7, 11) is -3.23. The largest absolute Gasteiger partial charge is 0.329 e. The van der Waals surface area contributed by atoms with Crippen molar-refractivity contribution in [1.82, 2.24) is 9.29 Å². The Kier molecular flexibility index (Phi) is 3.76. The molecule has 17 heavy (non-hydrogen) atoms. The molecule has 5 nitrogen and oxygen atoms in total. The van der Waals surface area contributed by atoms with Gasteiger partial charge >= 0.3 is 0 Å². The van der Waals surface area contributed by atoms with Crippen LogP contribution in [0.1, 0.15) is 24.4 Å². The van der Waals surface area contributed by atoms with Gasteiger partial charge in [0.15, 0.2) is 0 Å². The van der Waals surface area contributed by atoms with Gasteiger partial charge in [-0.3, -0.25) is 4.98 Å². The lowest BCUT2D eigenvalue weighted by molar-refractivity contribution is 0.396. The van der Waals surface area contributed by atoms with E-state index in [1.54, 1.807) is 16.7 Å². The number of hydrogen-bond acceptors (Lipinski definition) is 4. The summed E-state index contributed by atoms with van der Waals surface area (Å²) in [5, 5.41) is 0. The first-order chi connectivity index (χ1) is 8.15. The van der Waals surface area contributed by atoms with Gasteiger partial charge in [0, 0.05) is 25.5 Å². The van der Waals surface area contributed by atoms with Gasteiger partial charge in [0.25, 0.3) is 0 Å². The Morgan fingerprint density at radius 2 is 2.35 bits per heavy atom. The molecule has 1 saturated heterocycles. The maximum atomic E-state index is 12.0. The van der Waals surface area contributed by atoms with Crippen LogP contribution in [0.2, 0.25) is 0 Å². The molecule has 0 amide bonds. The van der Waals surface area contributed by atoms with Crippen molar-refractivity contribution in [1.29, 1.82) is 0 Å². The zero-order valence-corrected chi connectivity index (χ0v) is 10.4. The molecule has 1 aliphatic rings. The smallest absolute Gasteiger partial charge is 0.215 e. The van der Waals surface area contributed by atoms with Crippen molar-refractivity contribution in [3.63, 3.8) is 0 Å². The lowest BCUT2D eigenvalue weighted by Gasteiger charge is -2.23. The summed E-state index contributed by atoms with van der Waals surface area (Å²) in [5.74, 6) is 0.0176. The highest BCUT2D eigenvalue weighted by molar-refractivity contribution is 7.89. The monoisotopic (exact) mass is 255 g/mol. The van der Waals surface area contributed by atoms with Crippen LogP contribution in [0, 0.1) is 0 Å². The summed E-state index contributed by atoms with van der Waals surface area (Å²) in [4.78, 5) is 4.05. The third-order valence-corrected chi connectivity index (χ3v) is 4.91. The third kappa shape index (κ3) is 2.65. The van der Waals surface area contributed by atoms with Crippen molar-refractivity contribution < 1.29 is 8.42 Å². The maximum absolute atomic E-state index is 12.0. The fourth-order valence-corrected chi connectivity index (χ4v) is 3.80. The van der Waals surface area contributed by atoms with E-state index >= 15 is 0 Å². The van der Waals surface area contributed by atoms with E-state index in [4.69, 9.17) is 5.73 Å². The van der Waals surface area contributed by atoms with Crippen LogP contribution < -0.4 is 5.73 Å². The van der Waals surface area contributed by atoms with Gasteiger partial charge in [-0.2, -0.15) is 4.31 Å². The van der Waals surface area contributed by atoms with Crippen molar-refractivity contribution in [2.45, 2.75) is 18.9 Å². The van der Waals surface area contributed by atoms with Gasteiger partial charge in [-0.1, -0.05) is 6.07 Å². The zero-order chi connectivity index (χ0) is 12.3. The van der Waals surface area contributed by atoms with E-state index in [9.17, 15) is 8.42 Å². The Labute approximate surface area is 102 Å². The number of hydrogen-bond donors (Lipinski definition) is 1. The summed E-state index contributed by atoms with van der Waals surface area (Å²) < 4.78 is 25.7. The van der Waals surface area contributed by atoms with E-state index in [1.807, 2.05) is 12.1 Å². The first-order valence-electron chi connectivity index (χ1n) is 5.74. The van der Waals surface area contributed by atoms with Gasteiger partial charge in [-0.25, -0.2) is 8.42 Å². The minimum Gasteiger partial charge on any atom is -0.329 e. The van der Waals surface area contributed by atoms with Crippen molar-refractivity contribution in [3.8, 4) is 0 Å². The van der Waals surface area contributed by atoms with Gasteiger partial charge in [0.2, 0.25) is 10.0 Å². The normalized spacial score (nSPS) is 21.8. The highest BCUT2D eigenvalue weighted by Gasteiger charge is 2.34. The second-order valence-electron chi connectivity index (χ2n) is 4.16. The average Bonchev–Trinajstić information content (AvgIpc) is 2.79. The fourth-order valence-electron chi connectivity index (χ4n) is 2.25. The van der Waals surface area contributed by atoms with E-state index in [0.29, 0.717) is 6.54 Å². The highest BCUT2D eigenvalue weighted by atomic mass is 32.2. The first-order valence-corrected chi connectivity index (χ1v) is 7.35. The van der Waals surface area contributed by atoms with Crippen LogP contribution in [0.25, 0.3) is 0 Å². The van der Waals surface area contributed by atoms with Crippen LogP contribution in [0.3, 0.4) is 0 Å². The number of nitrogens with zero attached hydrogens (tertiary/aromatic N) is 2. The Bertz CT molecular complexity index is 461. The standard InChI is InChI=1S/C11H17N3O2S/c12-5-8-17(15,16)14-7-2-4-11(14)10-3-1-6-13-9-10/h1,3,6,9,11H,2,4-5,7-8,12H2. The van der Waals surface area contributed by atoms with E-state index < -0.39 is 10.0 Å². The van der Waals surface area contributed by atoms with Gasteiger partial charge < -0.3 is 5.73 Å². The van der Waals surface area contributed by atoms with E-state index in [-0.39, 0.29) is 18.3 Å². The number of rotatable bonds is 4. The molecule has 0 aliphatic carbocycles. The van der Waals surface area contributed by atoms with Gasteiger partial charge in [-0.05, 0) is 24.5 Å². The van der Waals surface area contributed by atoms with Crippen LogP contribution in [0.5, 0.6) is 0 Å². The topological polar surface area (TPSA) is 76.3 Å². The molecule has 94 valence electrons. The lowest BCUT2D eigenvalue weighted by Crippen LogP contribution is -2.34. The summed E-state index contributed by atoms with van der Waals surface area (Å²) in [6, 6.07) is 3.69. The first kappa shape index (κ1) is 12.5. The third-order valence-electron chi connectivity index (χ3n) is 3.01. The molecule has 1 unspecified atom stereocenters. The molecule has 2 rings (SSSR count). The molecule has 1 aromatic heterocycles. The second-order valence-corrected chi connectivity index (χ2v) is 6.20. The molecule has 6 heteroatoms. The summed E-state index contributed by atoms with van der Waals surface area (Å²) >= 11 is 0.